The maximum atomic E-state index is 6.12. The zero-order valence-electron chi connectivity index (χ0n) is 29.8. The van der Waals surface area contributed by atoms with E-state index in [-0.39, 0.29) is 5.41 Å². The summed E-state index contributed by atoms with van der Waals surface area (Å²) in [6, 6.07) is 68.1. The van der Waals surface area contributed by atoms with Crippen LogP contribution in [-0.2, 0) is 5.41 Å². The molecule has 2 heterocycles. The molecule has 0 fully saturated rings. The highest BCUT2D eigenvalue weighted by molar-refractivity contribution is 6.06. The monoisotopic (exact) mass is 679 g/mol. The van der Waals surface area contributed by atoms with E-state index in [0.29, 0.717) is 0 Å². The Morgan fingerprint density at radius 1 is 0.358 bits per heavy atom. The number of hydrogen-bond acceptors (Lipinski definition) is 2. The lowest BCUT2D eigenvalue weighted by Crippen LogP contribution is -2.30. The van der Waals surface area contributed by atoms with Gasteiger partial charge in [-0.1, -0.05) is 141 Å². The normalized spacial score (nSPS) is 13.2. The number of furan rings is 1. The van der Waals surface area contributed by atoms with Crippen molar-refractivity contribution in [3.05, 3.63) is 199 Å². The molecule has 252 valence electrons. The quantitative estimate of drug-likeness (QED) is 0.180. The van der Waals surface area contributed by atoms with Gasteiger partial charge in [-0.25, -0.2) is 0 Å². The van der Waals surface area contributed by atoms with Gasteiger partial charge in [0.2, 0.25) is 0 Å². The van der Waals surface area contributed by atoms with Crippen LogP contribution < -0.4 is 4.90 Å². The van der Waals surface area contributed by atoms with Gasteiger partial charge >= 0.3 is 0 Å². The largest absolute Gasteiger partial charge is 0.456 e. The molecule has 1 aliphatic rings. The van der Waals surface area contributed by atoms with E-state index in [2.05, 4.69) is 195 Å². The molecule has 0 N–H and O–H groups in total. The second-order valence-corrected chi connectivity index (χ2v) is 14.6. The molecule has 0 atom stereocenters. The molecular weight excluding hydrogens is 643 g/mol. The van der Waals surface area contributed by atoms with E-state index >= 15 is 0 Å². The van der Waals surface area contributed by atoms with Gasteiger partial charge in [0, 0.05) is 21.9 Å². The van der Waals surface area contributed by atoms with E-state index in [0.717, 1.165) is 27.6 Å². The van der Waals surface area contributed by atoms with Crippen LogP contribution in [0.5, 0.6) is 0 Å². The Morgan fingerprint density at radius 3 is 1.47 bits per heavy atom. The van der Waals surface area contributed by atoms with Gasteiger partial charge in [-0.15, -0.1) is 0 Å². The Bertz CT molecular complexity index is 2720. The topological polar surface area (TPSA) is 16.4 Å². The van der Waals surface area contributed by atoms with Gasteiger partial charge in [0.1, 0.15) is 11.2 Å². The van der Waals surface area contributed by atoms with E-state index in [1.54, 1.807) is 0 Å². The van der Waals surface area contributed by atoms with E-state index in [1.807, 2.05) is 12.1 Å². The maximum absolute atomic E-state index is 6.12. The van der Waals surface area contributed by atoms with E-state index < -0.39 is 0 Å². The van der Waals surface area contributed by atoms with Crippen molar-refractivity contribution in [1.29, 1.82) is 0 Å². The summed E-state index contributed by atoms with van der Waals surface area (Å²) >= 11 is 0. The first-order chi connectivity index (χ1) is 26.0. The summed E-state index contributed by atoms with van der Waals surface area (Å²) in [5, 5.41) is 2.28. The Kier molecular flexibility index (Phi) is 7.19. The average Bonchev–Trinajstić information content (AvgIpc) is 3.60. The molecule has 0 unspecified atom stereocenters. The zero-order valence-corrected chi connectivity index (χ0v) is 29.8. The number of rotatable bonds is 5. The standard InChI is InChI=1S/C51H37NO/c1-51(2)45-32-40(34-13-5-3-6-14-34)23-26-47(45)52(48-27-24-41(33-46(48)51)35-15-7-4-8-16-35)42-20-12-19-38(30-42)36-17-11-18-37(29-36)39-25-28-50-44(31-39)43-21-9-10-22-49(43)53-50/h3-33H,1-2H3. The first kappa shape index (κ1) is 31.1. The molecule has 0 bridgehead atoms. The minimum absolute atomic E-state index is 0.232. The fourth-order valence-corrected chi connectivity index (χ4v) is 8.25. The first-order valence-electron chi connectivity index (χ1n) is 18.3. The van der Waals surface area contributed by atoms with Crippen molar-refractivity contribution in [3.63, 3.8) is 0 Å². The molecular formula is C51H37NO. The Morgan fingerprint density at radius 2 is 0.830 bits per heavy atom. The molecule has 53 heavy (non-hydrogen) atoms. The number of para-hydroxylation sites is 1. The van der Waals surface area contributed by atoms with Gasteiger partial charge in [0.15, 0.2) is 0 Å². The average molecular weight is 680 g/mol. The Hall–Kier alpha value is -6.64. The Balaban J connectivity index is 1.10. The van der Waals surface area contributed by atoms with Gasteiger partial charge in [0.05, 0.1) is 11.4 Å². The molecule has 0 saturated heterocycles. The maximum Gasteiger partial charge on any atom is 0.135 e. The lowest BCUT2D eigenvalue weighted by Gasteiger charge is -2.42. The highest BCUT2D eigenvalue weighted by Crippen LogP contribution is 2.53. The fourth-order valence-electron chi connectivity index (χ4n) is 8.25. The third-order valence-electron chi connectivity index (χ3n) is 11.0. The summed E-state index contributed by atoms with van der Waals surface area (Å²) in [6.07, 6.45) is 0. The van der Waals surface area contributed by atoms with E-state index in [4.69, 9.17) is 4.42 Å². The van der Waals surface area contributed by atoms with Crippen LogP contribution in [0.15, 0.2) is 192 Å². The summed E-state index contributed by atoms with van der Waals surface area (Å²) in [5.74, 6) is 0. The molecule has 2 nitrogen and oxygen atoms in total. The third kappa shape index (κ3) is 5.26. The molecule has 0 aliphatic carbocycles. The third-order valence-corrected chi connectivity index (χ3v) is 11.0. The summed E-state index contributed by atoms with van der Waals surface area (Å²) in [7, 11) is 0. The van der Waals surface area contributed by atoms with Crippen molar-refractivity contribution in [2.75, 3.05) is 4.90 Å². The van der Waals surface area contributed by atoms with Gasteiger partial charge in [0.25, 0.3) is 0 Å². The number of hydrogen-bond donors (Lipinski definition) is 0. The van der Waals surface area contributed by atoms with Crippen LogP contribution in [-0.4, -0.2) is 0 Å². The molecule has 0 saturated carbocycles. The van der Waals surface area contributed by atoms with E-state index in [9.17, 15) is 0 Å². The molecule has 1 aliphatic heterocycles. The first-order valence-corrected chi connectivity index (χ1v) is 18.3. The second-order valence-electron chi connectivity index (χ2n) is 14.6. The van der Waals surface area contributed by atoms with Gasteiger partial charge in [-0.2, -0.15) is 0 Å². The molecule has 10 rings (SSSR count). The number of fused-ring (bicyclic) bond motifs is 5. The van der Waals surface area contributed by atoms with Gasteiger partial charge in [-0.3, -0.25) is 0 Å². The van der Waals surface area contributed by atoms with Crippen LogP contribution >= 0.6 is 0 Å². The van der Waals surface area contributed by atoms with Crippen molar-refractivity contribution in [2.45, 2.75) is 19.3 Å². The van der Waals surface area contributed by atoms with Crippen molar-refractivity contribution in [1.82, 2.24) is 0 Å². The molecule has 0 spiro atoms. The van der Waals surface area contributed by atoms with Crippen molar-refractivity contribution in [2.24, 2.45) is 0 Å². The smallest absolute Gasteiger partial charge is 0.135 e. The molecule has 2 heteroatoms. The number of nitrogens with zero attached hydrogens (tertiary/aromatic N) is 1. The summed E-state index contributed by atoms with van der Waals surface area (Å²) in [6.45, 7) is 4.74. The zero-order chi connectivity index (χ0) is 35.5. The van der Waals surface area contributed by atoms with Gasteiger partial charge < -0.3 is 9.32 Å². The minimum atomic E-state index is -0.232. The highest BCUT2D eigenvalue weighted by Gasteiger charge is 2.37. The van der Waals surface area contributed by atoms with Crippen molar-refractivity contribution in [3.8, 4) is 44.5 Å². The number of anilines is 3. The predicted molar refractivity (Wildman–Crippen MR) is 222 cm³/mol. The lowest BCUT2D eigenvalue weighted by atomic mass is 9.72. The van der Waals surface area contributed by atoms with E-state index in [1.165, 1.54) is 67.0 Å². The summed E-state index contributed by atoms with van der Waals surface area (Å²) in [5.41, 5.74) is 17.4. The van der Waals surface area contributed by atoms with Crippen LogP contribution in [0.2, 0.25) is 0 Å². The van der Waals surface area contributed by atoms with Crippen LogP contribution in [0.1, 0.15) is 25.0 Å². The lowest BCUT2D eigenvalue weighted by molar-refractivity contribution is 0.632. The molecule has 1 aromatic heterocycles. The molecule has 0 radical (unpaired) electrons. The SMILES string of the molecule is CC1(C)c2cc(-c3ccccc3)ccc2N(c2cccc(-c3cccc(-c4ccc5oc6ccccc6c5c4)c3)c2)c2ccc(-c3ccccc3)cc21. The number of benzene rings is 8. The van der Waals surface area contributed by atoms with Crippen molar-refractivity contribution < 1.29 is 4.42 Å². The van der Waals surface area contributed by atoms with Crippen molar-refractivity contribution >= 4 is 39.0 Å². The molecule has 9 aromatic rings. The fraction of sp³-hybridized carbons (Fsp3) is 0.0588. The van der Waals surface area contributed by atoms with Crippen LogP contribution in [0.3, 0.4) is 0 Å². The predicted octanol–water partition coefficient (Wildman–Crippen LogP) is 14.4. The highest BCUT2D eigenvalue weighted by atomic mass is 16.3. The molecule has 8 aromatic carbocycles. The van der Waals surface area contributed by atoms with Crippen LogP contribution in [0, 0.1) is 0 Å². The summed E-state index contributed by atoms with van der Waals surface area (Å²) < 4.78 is 6.12. The van der Waals surface area contributed by atoms with Gasteiger partial charge in [-0.05, 0) is 116 Å². The second kappa shape index (κ2) is 12.3. The summed E-state index contributed by atoms with van der Waals surface area (Å²) in [4.78, 5) is 2.46. The minimum Gasteiger partial charge on any atom is -0.456 e. The molecule has 0 amide bonds. The Labute approximate surface area is 310 Å². The van der Waals surface area contributed by atoms with Crippen LogP contribution in [0.4, 0.5) is 17.1 Å². The van der Waals surface area contributed by atoms with Crippen LogP contribution in [0.25, 0.3) is 66.4 Å².